The molecule has 0 aliphatic carbocycles. The lowest BCUT2D eigenvalue weighted by Gasteiger charge is -2.46. The van der Waals surface area contributed by atoms with E-state index in [0.717, 1.165) is 32.1 Å². The molecule has 0 aromatic rings. The normalized spacial score (nSPS) is 42.2. The number of carbonyl (C=O) groups excluding carboxylic acids is 1. The molecule has 0 saturated carbocycles. The highest BCUT2D eigenvalue weighted by Crippen LogP contribution is 2.50. The molecule has 4 aliphatic heterocycles. The molecular weight excluding hydrogens is 464 g/mol. The highest BCUT2D eigenvalue weighted by molar-refractivity contribution is 5.81. The summed E-state index contributed by atoms with van der Waals surface area (Å²) in [4.78, 5) is 11.3. The number of rotatable bonds is 8. The Kier molecular flexibility index (Phi) is 8.54. The molecule has 4 saturated heterocycles. The van der Waals surface area contributed by atoms with Gasteiger partial charge in [0.15, 0.2) is 0 Å². The number of carbonyl (C=O) groups is 1. The van der Waals surface area contributed by atoms with Gasteiger partial charge < -0.3 is 33.5 Å². The van der Waals surface area contributed by atoms with Crippen LogP contribution in [0.5, 0.6) is 0 Å². The standard InChI is InChI=1S/C28H46O8/c1-7-27(13-11-22(35-27)26(5,30)12-9-8-10-23(29)31-6)25-19(3)17-21(34-25)24-18(2)16-20(4)28(36-24)32-14-15-33-28/h8,10,18-22,24-25,30H,7,9,11-17H2,1-6H3/b10-8+/t18-,19-,20+,21+,22+,24-,25+,26-,27-/m0/s1. The molecule has 1 spiro atoms. The molecule has 8 heteroatoms. The van der Waals surface area contributed by atoms with Crippen molar-refractivity contribution in [1.82, 2.24) is 0 Å². The maximum absolute atomic E-state index is 11.3. The van der Waals surface area contributed by atoms with Gasteiger partial charge in [-0.25, -0.2) is 4.79 Å². The van der Waals surface area contributed by atoms with Crippen molar-refractivity contribution in [2.45, 2.75) is 121 Å². The van der Waals surface area contributed by atoms with Gasteiger partial charge in [0.2, 0.25) is 0 Å². The summed E-state index contributed by atoms with van der Waals surface area (Å²) in [6.45, 7) is 11.7. The van der Waals surface area contributed by atoms with Crippen molar-refractivity contribution < 1.29 is 38.3 Å². The minimum absolute atomic E-state index is 0.0489. The minimum atomic E-state index is -1.00. The average Bonchev–Trinajstić information content (AvgIpc) is 3.59. The highest BCUT2D eigenvalue weighted by atomic mass is 16.9. The number of ether oxygens (including phenoxy) is 6. The Morgan fingerprint density at radius 1 is 1.14 bits per heavy atom. The quantitative estimate of drug-likeness (QED) is 0.385. The van der Waals surface area contributed by atoms with E-state index in [1.165, 1.54) is 13.2 Å². The van der Waals surface area contributed by atoms with Crippen LogP contribution in [0, 0.1) is 17.8 Å². The van der Waals surface area contributed by atoms with E-state index in [9.17, 15) is 9.90 Å². The second-order valence-electron chi connectivity index (χ2n) is 11.7. The molecule has 8 nitrogen and oxygen atoms in total. The fourth-order valence-corrected chi connectivity index (χ4v) is 6.85. The van der Waals surface area contributed by atoms with Crippen LogP contribution in [0.2, 0.25) is 0 Å². The van der Waals surface area contributed by atoms with Gasteiger partial charge in [0.05, 0.1) is 55.9 Å². The smallest absolute Gasteiger partial charge is 0.330 e. The van der Waals surface area contributed by atoms with Crippen LogP contribution in [0.15, 0.2) is 12.2 Å². The molecule has 0 unspecified atom stereocenters. The van der Waals surface area contributed by atoms with Gasteiger partial charge in [-0.3, -0.25) is 0 Å². The third kappa shape index (κ3) is 5.40. The maximum atomic E-state index is 11.3. The van der Waals surface area contributed by atoms with Crippen molar-refractivity contribution >= 4 is 5.97 Å². The first-order valence-electron chi connectivity index (χ1n) is 13.8. The fraction of sp³-hybridized carbons (Fsp3) is 0.893. The molecule has 4 rings (SSSR count). The first kappa shape index (κ1) is 28.0. The predicted octanol–water partition coefficient (Wildman–Crippen LogP) is 4.13. The number of allylic oxidation sites excluding steroid dienone is 1. The monoisotopic (exact) mass is 510 g/mol. The van der Waals surface area contributed by atoms with Crippen LogP contribution in [0.4, 0.5) is 0 Å². The molecule has 9 atom stereocenters. The maximum Gasteiger partial charge on any atom is 0.330 e. The largest absolute Gasteiger partial charge is 0.466 e. The number of aliphatic hydroxyl groups is 1. The number of methoxy groups -OCH3 is 1. The summed E-state index contributed by atoms with van der Waals surface area (Å²) < 4.78 is 36.6. The van der Waals surface area contributed by atoms with Gasteiger partial charge >= 0.3 is 5.97 Å². The van der Waals surface area contributed by atoms with Crippen LogP contribution >= 0.6 is 0 Å². The van der Waals surface area contributed by atoms with Crippen LogP contribution < -0.4 is 0 Å². The second-order valence-corrected chi connectivity index (χ2v) is 11.7. The van der Waals surface area contributed by atoms with Crippen molar-refractivity contribution in [3.63, 3.8) is 0 Å². The van der Waals surface area contributed by atoms with E-state index < -0.39 is 17.2 Å². The Labute approximate surface area is 216 Å². The highest BCUT2D eigenvalue weighted by Gasteiger charge is 2.58. The third-order valence-corrected chi connectivity index (χ3v) is 8.98. The lowest BCUT2D eigenvalue weighted by molar-refractivity contribution is -0.403. The van der Waals surface area contributed by atoms with Crippen LogP contribution in [-0.4, -0.2) is 73.0 Å². The molecule has 0 amide bonds. The molecule has 36 heavy (non-hydrogen) atoms. The zero-order chi connectivity index (χ0) is 26.1. The molecule has 4 aliphatic rings. The SMILES string of the molecule is CC[C@@]1([C@@H]2O[C@@H]([C@H]3OC4(OCCO4)[C@H](C)C[C@@H]3C)C[C@@H]2C)CC[C@H]([C@@](C)(O)CC/C=C/C(=O)OC)O1. The van der Waals surface area contributed by atoms with Gasteiger partial charge in [0, 0.05) is 12.0 Å². The lowest BCUT2D eigenvalue weighted by atomic mass is 9.81. The topological polar surface area (TPSA) is 92.7 Å². The first-order valence-corrected chi connectivity index (χ1v) is 13.8. The molecule has 0 bridgehead atoms. The summed E-state index contributed by atoms with van der Waals surface area (Å²) in [7, 11) is 1.35. The molecule has 206 valence electrons. The summed E-state index contributed by atoms with van der Waals surface area (Å²) in [5.74, 6) is -0.519. The Hall–Kier alpha value is -1.03. The van der Waals surface area contributed by atoms with E-state index in [4.69, 9.17) is 23.7 Å². The molecule has 0 radical (unpaired) electrons. The molecule has 1 N–H and O–H groups in total. The molecule has 0 aromatic heterocycles. The van der Waals surface area contributed by atoms with Crippen LogP contribution in [0.1, 0.15) is 79.6 Å². The zero-order valence-electron chi connectivity index (χ0n) is 22.9. The van der Waals surface area contributed by atoms with Crippen LogP contribution in [0.25, 0.3) is 0 Å². The summed E-state index contributed by atoms with van der Waals surface area (Å²) in [5, 5.41) is 11.2. The fourth-order valence-electron chi connectivity index (χ4n) is 6.85. The van der Waals surface area contributed by atoms with Gasteiger partial charge in [-0.1, -0.05) is 33.8 Å². The summed E-state index contributed by atoms with van der Waals surface area (Å²) in [6.07, 6.45) is 8.02. The molecule has 4 fully saturated rings. The Morgan fingerprint density at radius 2 is 1.86 bits per heavy atom. The third-order valence-electron chi connectivity index (χ3n) is 8.98. The first-order chi connectivity index (χ1) is 17.1. The Balaban J connectivity index is 1.40. The molecular formula is C28H46O8. The lowest BCUT2D eigenvalue weighted by Crippen LogP contribution is -2.54. The van der Waals surface area contributed by atoms with Crippen molar-refractivity contribution in [2.24, 2.45) is 17.8 Å². The van der Waals surface area contributed by atoms with E-state index in [1.807, 2.05) is 6.92 Å². The van der Waals surface area contributed by atoms with Crippen LogP contribution in [0.3, 0.4) is 0 Å². The number of esters is 1. The summed E-state index contributed by atoms with van der Waals surface area (Å²) in [6, 6.07) is 0. The van der Waals surface area contributed by atoms with Crippen molar-refractivity contribution in [1.29, 1.82) is 0 Å². The van der Waals surface area contributed by atoms with Crippen molar-refractivity contribution in [3.8, 4) is 0 Å². The van der Waals surface area contributed by atoms with E-state index in [2.05, 4.69) is 32.4 Å². The van der Waals surface area contributed by atoms with E-state index >= 15 is 0 Å². The second kappa shape index (κ2) is 11.0. The van der Waals surface area contributed by atoms with Gasteiger partial charge in [0.25, 0.3) is 5.97 Å². The minimum Gasteiger partial charge on any atom is -0.466 e. The van der Waals surface area contributed by atoms with Gasteiger partial charge in [-0.2, -0.15) is 0 Å². The van der Waals surface area contributed by atoms with Gasteiger partial charge in [0.1, 0.15) is 0 Å². The number of hydrogen-bond acceptors (Lipinski definition) is 8. The average molecular weight is 511 g/mol. The molecule has 4 heterocycles. The van der Waals surface area contributed by atoms with E-state index in [-0.39, 0.29) is 36.3 Å². The van der Waals surface area contributed by atoms with Crippen LogP contribution in [-0.2, 0) is 33.2 Å². The predicted molar refractivity (Wildman–Crippen MR) is 133 cm³/mol. The van der Waals surface area contributed by atoms with Gasteiger partial charge in [-0.15, -0.1) is 0 Å². The number of hydrogen-bond donors (Lipinski definition) is 1. The molecule has 0 aromatic carbocycles. The summed E-state index contributed by atoms with van der Waals surface area (Å²) in [5.41, 5.74) is -1.44. The Bertz CT molecular complexity index is 790. The van der Waals surface area contributed by atoms with E-state index in [1.54, 1.807) is 6.08 Å². The Morgan fingerprint density at radius 3 is 2.53 bits per heavy atom. The van der Waals surface area contributed by atoms with Crippen molar-refractivity contribution in [2.75, 3.05) is 20.3 Å². The van der Waals surface area contributed by atoms with Crippen molar-refractivity contribution in [3.05, 3.63) is 12.2 Å². The van der Waals surface area contributed by atoms with E-state index in [0.29, 0.717) is 37.9 Å². The van der Waals surface area contributed by atoms with Gasteiger partial charge in [-0.05, 0) is 63.7 Å². The summed E-state index contributed by atoms with van der Waals surface area (Å²) >= 11 is 0. The zero-order valence-corrected chi connectivity index (χ0v) is 22.9.